The number of hydrogen-bond donors (Lipinski definition) is 1. The molecule has 2 aromatic rings. The number of rotatable bonds is 5. The van der Waals surface area contributed by atoms with Crippen LogP contribution in [0.3, 0.4) is 0 Å². The molecule has 0 radical (unpaired) electrons. The second-order valence-corrected chi connectivity index (χ2v) is 7.43. The number of carbonyl (C=O) groups is 1. The highest BCUT2D eigenvalue weighted by atomic mass is 19.4. The average molecular weight is 449 g/mol. The summed E-state index contributed by atoms with van der Waals surface area (Å²) in [6.45, 7) is 1.11. The van der Waals surface area contributed by atoms with Gasteiger partial charge >= 0.3 is 12.4 Å². The first kappa shape index (κ1) is 23.1. The minimum Gasteiger partial charge on any atom is -0.371 e. The molecule has 2 aromatic carbocycles. The number of nitrogens with one attached hydrogen (secondary N) is 1. The van der Waals surface area contributed by atoms with Gasteiger partial charge in [-0.3, -0.25) is 4.79 Å². The molecule has 1 aliphatic heterocycles. The van der Waals surface area contributed by atoms with Crippen LogP contribution in [0.15, 0.2) is 42.5 Å². The highest BCUT2D eigenvalue weighted by molar-refractivity contribution is 5.79. The smallest absolute Gasteiger partial charge is 0.371 e. The molecule has 1 N–H and O–H groups in total. The van der Waals surface area contributed by atoms with E-state index in [1.807, 2.05) is 0 Å². The Bertz CT molecular complexity index is 921. The van der Waals surface area contributed by atoms with Gasteiger partial charge < -0.3 is 10.1 Å². The fraction of sp³-hybridized carbons (Fsp3) is 0.381. The van der Waals surface area contributed by atoms with Crippen LogP contribution in [0.25, 0.3) is 0 Å². The molecule has 1 saturated heterocycles. The van der Waals surface area contributed by atoms with E-state index in [4.69, 9.17) is 4.74 Å². The molecule has 0 saturated carbocycles. The van der Waals surface area contributed by atoms with Crippen LogP contribution < -0.4 is 5.32 Å². The van der Waals surface area contributed by atoms with Gasteiger partial charge in [0.15, 0.2) is 0 Å². The predicted molar refractivity (Wildman–Crippen MR) is 96.3 cm³/mol. The number of carbonyl (C=O) groups excluding carboxylic acids is 1. The minimum atomic E-state index is -4.97. The Morgan fingerprint density at radius 1 is 1.00 bits per heavy atom. The van der Waals surface area contributed by atoms with Crippen molar-refractivity contribution in [2.45, 2.75) is 43.8 Å². The molecule has 3 nitrogen and oxygen atoms in total. The molecule has 1 amide bonds. The molecule has 1 heterocycles. The lowest BCUT2D eigenvalue weighted by molar-refractivity contribution is -0.143. The van der Waals surface area contributed by atoms with Crippen LogP contribution in [0.2, 0.25) is 0 Å². The van der Waals surface area contributed by atoms with Crippen molar-refractivity contribution in [3.8, 4) is 0 Å². The lowest BCUT2D eigenvalue weighted by atomic mass is 9.89. The van der Waals surface area contributed by atoms with Gasteiger partial charge in [0, 0.05) is 6.42 Å². The maximum Gasteiger partial charge on any atom is 0.416 e. The molecule has 0 aromatic heterocycles. The van der Waals surface area contributed by atoms with Crippen LogP contribution in [-0.2, 0) is 27.4 Å². The van der Waals surface area contributed by atoms with E-state index in [0.29, 0.717) is 17.7 Å². The minimum absolute atomic E-state index is 0.0490. The summed E-state index contributed by atoms with van der Waals surface area (Å²) in [5.41, 5.74) is -3.72. The average Bonchev–Trinajstić information content (AvgIpc) is 3.07. The number of hydrogen-bond acceptors (Lipinski definition) is 2. The first-order chi connectivity index (χ1) is 14.3. The topological polar surface area (TPSA) is 38.3 Å². The van der Waals surface area contributed by atoms with Gasteiger partial charge in [-0.15, -0.1) is 0 Å². The van der Waals surface area contributed by atoms with Crippen LogP contribution in [0, 0.1) is 5.82 Å². The third kappa shape index (κ3) is 5.17. The van der Waals surface area contributed by atoms with Crippen molar-refractivity contribution < 1.29 is 40.3 Å². The van der Waals surface area contributed by atoms with E-state index in [1.165, 1.54) is 31.2 Å². The second kappa shape index (κ2) is 8.14. The molecule has 1 fully saturated rings. The second-order valence-electron chi connectivity index (χ2n) is 7.43. The third-order valence-electron chi connectivity index (χ3n) is 5.21. The Morgan fingerprint density at radius 2 is 1.55 bits per heavy atom. The SMILES string of the molecule is C[C@@H](OC[C@@]1(c2ccc(F)cc2)CCC(=O)N1)c1cc(C(F)(F)F)cc(C(F)(F)F)c1. The summed E-state index contributed by atoms with van der Waals surface area (Å²) in [6.07, 6.45) is -10.6. The first-order valence-corrected chi connectivity index (χ1v) is 9.28. The normalized spacial score (nSPS) is 20.6. The first-order valence-electron chi connectivity index (χ1n) is 9.28. The zero-order chi connectivity index (χ0) is 23.0. The summed E-state index contributed by atoms with van der Waals surface area (Å²) in [5, 5.41) is 2.73. The molecular formula is C21H18F7NO2. The summed E-state index contributed by atoms with van der Waals surface area (Å²) in [5.74, 6) is -0.792. The Kier molecular flexibility index (Phi) is 6.05. The standard InChI is InChI=1S/C21H18F7NO2/c1-12(13-8-15(20(23,24)25)10-16(9-13)21(26,27)28)31-11-19(7-6-18(30)29-19)14-2-4-17(22)5-3-14/h2-5,8-10,12H,6-7,11H2,1H3,(H,29,30)/t12-,19-/m1/s1. The highest BCUT2D eigenvalue weighted by Gasteiger charge is 2.41. The van der Waals surface area contributed by atoms with E-state index in [-0.39, 0.29) is 37.0 Å². The van der Waals surface area contributed by atoms with Crippen LogP contribution in [0.5, 0.6) is 0 Å². The lowest BCUT2D eigenvalue weighted by Crippen LogP contribution is -2.43. The van der Waals surface area contributed by atoms with Crippen molar-refractivity contribution in [1.29, 1.82) is 0 Å². The maximum absolute atomic E-state index is 13.3. The van der Waals surface area contributed by atoms with E-state index in [2.05, 4.69) is 5.32 Å². The molecule has 0 bridgehead atoms. The molecule has 3 rings (SSSR count). The fourth-order valence-corrected chi connectivity index (χ4v) is 3.47. The number of benzene rings is 2. The molecule has 10 heteroatoms. The van der Waals surface area contributed by atoms with Crippen molar-refractivity contribution in [3.05, 3.63) is 70.5 Å². The van der Waals surface area contributed by atoms with Gasteiger partial charge in [0.05, 0.1) is 29.4 Å². The third-order valence-corrected chi connectivity index (χ3v) is 5.21. The van der Waals surface area contributed by atoms with Gasteiger partial charge in [-0.25, -0.2) is 4.39 Å². The van der Waals surface area contributed by atoms with Gasteiger partial charge in [0.2, 0.25) is 5.91 Å². The van der Waals surface area contributed by atoms with Crippen molar-refractivity contribution >= 4 is 5.91 Å². The summed E-state index contributed by atoms with van der Waals surface area (Å²) >= 11 is 0. The zero-order valence-electron chi connectivity index (χ0n) is 16.2. The molecule has 168 valence electrons. The largest absolute Gasteiger partial charge is 0.416 e. The summed E-state index contributed by atoms with van der Waals surface area (Å²) in [4.78, 5) is 11.8. The van der Waals surface area contributed by atoms with Crippen LogP contribution in [0.4, 0.5) is 30.7 Å². The molecular weight excluding hydrogens is 431 g/mol. The van der Waals surface area contributed by atoms with Gasteiger partial charge in [-0.05, 0) is 54.8 Å². The number of halogens is 7. The van der Waals surface area contributed by atoms with E-state index >= 15 is 0 Å². The van der Waals surface area contributed by atoms with E-state index in [9.17, 15) is 35.5 Å². The molecule has 2 atom stereocenters. The van der Waals surface area contributed by atoms with E-state index in [1.54, 1.807) is 0 Å². The summed E-state index contributed by atoms with van der Waals surface area (Å²) in [6, 6.07) is 6.53. The lowest BCUT2D eigenvalue weighted by Gasteiger charge is -2.31. The van der Waals surface area contributed by atoms with Crippen LogP contribution in [-0.4, -0.2) is 12.5 Å². The summed E-state index contributed by atoms with van der Waals surface area (Å²) < 4.78 is 97.5. The molecule has 0 spiro atoms. The fourth-order valence-electron chi connectivity index (χ4n) is 3.47. The Morgan fingerprint density at radius 3 is 2.00 bits per heavy atom. The van der Waals surface area contributed by atoms with Crippen molar-refractivity contribution in [3.63, 3.8) is 0 Å². The zero-order valence-corrected chi connectivity index (χ0v) is 16.2. The maximum atomic E-state index is 13.3. The van der Waals surface area contributed by atoms with Crippen molar-refractivity contribution in [1.82, 2.24) is 5.32 Å². The van der Waals surface area contributed by atoms with E-state index < -0.39 is 40.9 Å². The summed E-state index contributed by atoms with van der Waals surface area (Å²) in [7, 11) is 0. The van der Waals surface area contributed by atoms with Crippen LogP contribution in [0.1, 0.15) is 48.1 Å². The van der Waals surface area contributed by atoms with E-state index in [0.717, 1.165) is 0 Å². The Balaban J connectivity index is 1.88. The number of ether oxygens (including phenoxy) is 1. The molecule has 1 aliphatic rings. The Hall–Kier alpha value is -2.62. The molecule has 0 aliphatic carbocycles. The van der Waals surface area contributed by atoms with Crippen molar-refractivity contribution in [2.24, 2.45) is 0 Å². The number of amides is 1. The van der Waals surface area contributed by atoms with Crippen molar-refractivity contribution in [2.75, 3.05) is 6.61 Å². The number of alkyl halides is 6. The molecule has 0 unspecified atom stereocenters. The van der Waals surface area contributed by atoms with Gasteiger partial charge in [0.1, 0.15) is 5.82 Å². The Labute approximate surface area is 173 Å². The van der Waals surface area contributed by atoms with Gasteiger partial charge in [-0.2, -0.15) is 26.3 Å². The monoisotopic (exact) mass is 449 g/mol. The highest BCUT2D eigenvalue weighted by Crippen LogP contribution is 2.39. The quantitative estimate of drug-likeness (QED) is 0.591. The molecule has 31 heavy (non-hydrogen) atoms. The van der Waals surface area contributed by atoms with Crippen LogP contribution >= 0.6 is 0 Å². The van der Waals surface area contributed by atoms with Gasteiger partial charge in [0.25, 0.3) is 0 Å². The van der Waals surface area contributed by atoms with Gasteiger partial charge in [-0.1, -0.05) is 12.1 Å². The predicted octanol–water partition coefficient (Wildman–Crippen LogP) is 5.75.